The summed E-state index contributed by atoms with van der Waals surface area (Å²) in [4.78, 5) is 18.7. The fourth-order valence-corrected chi connectivity index (χ4v) is 3.07. The summed E-state index contributed by atoms with van der Waals surface area (Å²) >= 11 is 3.48. The van der Waals surface area contributed by atoms with Crippen LogP contribution in [0.3, 0.4) is 0 Å². The van der Waals surface area contributed by atoms with Crippen molar-refractivity contribution in [2.75, 3.05) is 11.9 Å². The molecule has 0 aromatic carbocycles. The van der Waals surface area contributed by atoms with Gasteiger partial charge in [0.2, 0.25) is 0 Å². The maximum absolute atomic E-state index is 12.5. The molecule has 98 valence electrons. The van der Waals surface area contributed by atoms with Gasteiger partial charge in [0.15, 0.2) is 0 Å². The highest BCUT2D eigenvalue weighted by Crippen LogP contribution is 2.22. The quantitative estimate of drug-likeness (QED) is 0.803. The number of nitrogens with zero attached hydrogens (tertiary/aromatic N) is 2. The van der Waals surface area contributed by atoms with Crippen LogP contribution in [0.5, 0.6) is 0 Å². The van der Waals surface area contributed by atoms with Gasteiger partial charge in [-0.1, -0.05) is 15.9 Å². The third-order valence-electron chi connectivity index (χ3n) is 3.47. The lowest BCUT2D eigenvalue weighted by Crippen LogP contribution is -2.44. The van der Waals surface area contributed by atoms with Crippen LogP contribution in [0.2, 0.25) is 0 Å². The van der Waals surface area contributed by atoms with Crippen LogP contribution in [-0.4, -0.2) is 33.7 Å². The van der Waals surface area contributed by atoms with E-state index in [0.717, 1.165) is 42.4 Å². The van der Waals surface area contributed by atoms with Crippen LogP contribution in [0, 0.1) is 6.92 Å². The van der Waals surface area contributed by atoms with Crippen LogP contribution in [0.25, 0.3) is 0 Å². The van der Waals surface area contributed by atoms with Gasteiger partial charge < -0.3 is 4.90 Å². The SMILES string of the molecule is Cc1cc(C(=O)N2CCCCC2CCBr)ccn1. The standard InChI is InChI=1S/C14H19BrN2O/c1-11-10-12(6-8-16-11)14(18)17-9-3-2-4-13(17)5-7-15/h6,8,10,13H,2-5,7,9H2,1H3. The van der Waals surface area contributed by atoms with Gasteiger partial charge in [0.25, 0.3) is 5.91 Å². The highest BCUT2D eigenvalue weighted by Gasteiger charge is 2.26. The van der Waals surface area contributed by atoms with Crippen LogP contribution < -0.4 is 0 Å². The first-order chi connectivity index (χ1) is 8.72. The number of amides is 1. The number of hydrogen-bond acceptors (Lipinski definition) is 2. The van der Waals surface area contributed by atoms with Crippen LogP contribution >= 0.6 is 15.9 Å². The minimum absolute atomic E-state index is 0.158. The number of hydrogen-bond donors (Lipinski definition) is 0. The second-order valence-electron chi connectivity index (χ2n) is 4.81. The number of piperidine rings is 1. The predicted octanol–water partition coefficient (Wildman–Crippen LogP) is 3.17. The molecule has 1 atom stereocenters. The molecule has 1 unspecified atom stereocenters. The Bertz CT molecular complexity index is 420. The number of carbonyl (C=O) groups excluding carboxylic acids is 1. The largest absolute Gasteiger partial charge is 0.336 e. The average Bonchev–Trinajstić information content (AvgIpc) is 2.39. The minimum Gasteiger partial charge on any atom is -0.336 e. The van der Waals surface area contributed by atoms with Gasteiger partial charge in [-0.15, -0.1) is 0 Å². The van der Waals surface area contributed by atoms with Crippen molar-refractivity contribution in [2.24, 2.45) is 0 Å². The van der Waals surface area contributed by atoms with E-state index in [2.05, 4.69) is 20.9 Å². The second-order valence-corrected chi connectivity index (χ2v) is 5.60. The number of carbonyl (C=O) groups is 1. The zero-order chi connectivity index (χ0) is 13.0. The van der Waals surface area contributed by atoms with Crippen molar-refractivity contribution >= 4 is 21.8 Å². The van der Waals surface area contributed by atoms with Gasteiger partial charge in [-0.2, -0.15) is 0 Å². The number of rotatable bonds is 3. The smallest absolute Gasteiger partial charge is 0.254 e. The highest BCUT2D eigenvalue weighted by atomic mass is 79.9. The van der Waals surface area contributed by atoms with Crippen LogP contribution in [-0.2, 0) is 0 Å². The fourth-order valence-electron chi connectivity index (χ4n) is 2.54. The topological polar surface area (TPSA) is 33.2 Å². The van der Waals surface area contributed by atoms with Gasteiger partial charge in [-0.25, -0.2) is 0 Å². The molecule has 2 rings (SSSR count). The molecule has 1 aliphatic rings. The van der Waals surface area contributed by atoms with E-state index in [-0.39, 0.29) is 5.91 Å². The first-order valence-electron chi connectivity index (χ1n) is 6.52. The predicted molar refractivity (Wildman–Crippen MR) is 76.1 cm³/mol. The van der Waals surface area contributed by atoms with Gasteiger partial charge in [0.1, 0.15) is 0 Å². The Hall–Kier alpha value is -0.900. The van der Waals surface area contributed by atoms with E-state index in [1.807, 2.05) is 24.0 Å². The summed E-state index contributed by atoms with van der Waals surface area (Å²) in [5.74, 6) is 0.158. The molecular formula is C14H19BrN2O. The maximum atomic E-state index is 12.5. The Morgan fingerprint density at radius 3 is 3.11 bits per heavy atom. The zero-order valence-electron chi connectivity index (χ0n) is 10.7. The van der Waals surface area contributed by atoms with Crippen LogP contribution in [0.1, 0.15) is 41.7 Å². The average molecular weight is 311 g/mol. The Kier molecular flexibility index (Phi) is 4.75. The van der Waals surface area contributed by atoms with Gasteiger partial charge in [0.05, 0.1) is 0 Å². The number of halogens is 1. The lowest BCUT2D eigenvalue weighted by molar-refractivity contribution is 0.0610. The fraction of sp³-hybridized carbons (Fsp3) is 0.571. The molecule has 0 radical (unpaired) electrons. The molecule has 1 aromatic heterocycles. The molecule has 18 heavy (non-hydrogen) atoms. The van der Waals surface area contributed by atoms with Crippen molar-refractivity contribution in [3.63, 3.8) is 0 Å². The molecule has 0 spiro atoms. The van der Waals surface area contributed by atoms with Crippen molar-refractivity contribution in [3.8, 4) is 0 Å². The van der Waals surface area contributed by atoms with E-state index in [4.69, 9.17) is 0 Å². The zero-order valence-corrected chi connectivity index (χ0v) is 12.3. The molecule has 3 nitrogen and oxygen atoms in total. The molecular weight excluding hydrogens is 292 g/mol. The number of pyridine rings is 1. The lowest BCUT2D eigenvalue weighted by Gasteiger charge is -2.35. The van der Waals surface area contributed by atoms with Gasteiger partial charge >= 0.3 is 0 Å². The van der Waals surface area contributed by atoms with E-state index in [9.17, 15) is 4.79 Å². The molecule has 0 N–H and O–H groups in total. The number of aryl methyl sites for hydroxylation is 1. The summed E-state index contributed by atoms with van der Waals surface area (Å²) in [6.45, 7) is 2.81. The summed E-state index contributed by atoms with van der Waals surface area (Å²) in [7, 11) is 0. The van der Waals surface area contributed by atoms with Gasteiger partial charge in [-0.05, 0) is 44.7 Å². The van der Waals surface area contributed by atoms with Gasteiger partial charge in [-0.3, -0.25) is 9.78 Å². The maximum Gasteiger partial charge on any atom is 0.254 e. The normalized spacial score (nSPS) is 19.9. The van der Waals surface area contributed by atoms with E-state index >= 15 is 0 Å². The van der Waals surface area contributed by atoms with Gasteiger partial charge in [0, 0.05) is 35.4 Å². The molecule has 1 amide bonds. The summed E-state index contributed by atoms with van der Waals surface area (Å²) < 4.78 is 0. The molecule has 1 fully saturated rings. The Morgan fingerprint density at radius 1 is 1.56 bits per heavy atom. The molecule has 4 heteroatoms. The van der Waals surface area contributed by atoms with Crippen molar-refractivity contribution in [1.82, 2.24) is 9.88 Å². The molecule has 0 saturated carbocycles. The summed E-state index contributed by atoms with van der Waals surface area (Å²) in [5, 5.41) is 0.955. The third-order valence-corrected chi connectivity index (χ3v) is 3.93. The highest BCUT2D eigenvalue weighted by molar-refractivity contribution is 9.09. The molecule has 2 heterocycles. The molecule has 0 bridgehead atoms. The number of alkyl halides is 1. The Labute approximate surface area is 117 Å². The van der Waals surface area contributed by atoms with Crippen molar-refractivity contribution in [1.29, 1.82) is 0 Å². The second kappa shape index (κ2) is 6.32. The van der Waals surface area contributed by atoms with Crippen molar-refractivity contribution in [3.05, 3.63) is 29.6 Å². The number of aromatic nitrogens is 1. The van der Waals surface area contributed by atoms with E-state index in [1.165, 1.54) is 6.42 Å². The molecule has 0 aliphatic carbocycles. The van der Waals surface area contributed by atoms with E-state index < -0.39 is 0 Å². The molecule has 1 saturated heterocycles. The minimum atomic E-state index is 0.158. The summed E-state index contributed by atoms with van der Waals surface area (Å²) in [6, 6.07) is 4.08. The molecule has 1 aliphatic heterocycles. The lowest BCUT2D eigenvalue weighted by atomic mass is 9.99. The molecule has 1 aromatic rings. The van der Waals surface area contributed by atoms with Crippen LogP contribution in [0.4, 0.5) is 0 Å². The van der Waals surface area contributed by atoms with E-state index in [1.54, 1.807) is 6.20 Å². The Balaban J connectivity index is 2.15. The van der Waals surface area contributed by atoms with Crippen molar-refractivity contribution in [2.45, 2.75) is 38.6 Å². The Morgan fingerprint density at radius 2 is 2.39 bits per heavy atom. The number of likely N-dealkylation sites (tertiary alicyclic amines) is 1. The van der Waals surface area contributed by atoms with E-state index in [0.29, 0.717) is 6.04 Å². The van der Waals surface area contributed by atoms with Crippen LogP contribution in [0.15, 0.2) is 18.3 Å². The first kappa shape index (κ1) is 13.5. The van der Waals surface area contributed by atoms with Crippen molar-refractivity contribution < 1.29 is 4.79 Å². The summed E-state index contributed by atoms with van der Waals surface area (Å²) in [5.41, 5.74) is 1.67. The first-order valence-corrected chi connectivity index (χ1v) is 7.64. The monoisotopic (exact) mass is 310 g/mol. The summed E-state index contributed by atoms with van der Waals surface area (Å²) in [6.07, 6.45) is 6.23. The third kappa shape index (κ3) is 3.10.